The molecule has 3 N–H and O–H groups in total. The van der Waals surface area contributed by atoms with Crippen molar-refractivity contribution in [2.24, 2.45) is 0 Å². The predicted molar refractivity (Wildman–Crippen MR) is 81.5 cm³/mol. The van der Waals surface area contributed by atoms with Gasteiger partial charge >= 0.3 is 5.97 Å². The number of carboxylic acids is 1. The van der Waals surface area contributed by atoms with Gasteiger partial charge in [0, 0.05) is 21.7 Å². The Bertz CT molecular complexity index is 783. The van der Waals surface area contributed by atoms with Crippen molar-refractivity contribution >= 4 is 33.3 Å². The number of anilines is 1. The fraction of sp³-hybridized carbons (Fsp3) is 0.0714. The first-order chi connectivity index (χ1) is 9.77. The van der Waals surface area contributed by atoms with Crippen molar-refractivity contribution in [3.05, 3.63) is 48.0 Å². The van der Waals surface area contributed by atoms with E-state index in [0.29, 0.717) is 0 Å². The Hall–Kier alpha value is -1.99. The second-order valence-electron chi connectivity index (χ2n) is 4.40. The van der Waals surface area contributed by atoms with Crippen LogP contribution in [0.15, 0.2) is 57.2 Å². The lowest BCUT2D eigenvalue weighted by Crippen LogP contribution is -2.01. The molecule has 5 nitrogen and oxygen atoms in total. The summed E-state index contributed by atoms with van der Waals surface area (Å²) in [5.74, 6) is -1.07. The monoisotopic (exact) mass is 323 g/mol. The van der Waals surface area contributed by atoms with Gasteiger partial charge in [-0.2, -0.15) is 0 Å². The van der Waals surface area contributed by atoms with Crippen molar-refractivity contribution < 1.29 is 18.3 Å². The summed E-state index contributed by atoms with van der Waals surface area (Å²) in [6.07, 6.45) is 1.15. The summed E-state index contributed by atoms with van der Waals surface area (Å²) in [5.41, 5.74) is 5.94. The van der Waals surface area contributed by atoms with Crippen molar-refractivity contribution in [1.82, 2.24) is 0 Å². The second kappa shape index (κ2) is 5.79. The maximum Gasteiger partial charge on any atom is 0.337 e. The Morgan fingerprint density at radius 1 is 1.10 bits per heavy atom. The van der Waals surface area contributed by atoms with Gasteiger partial charge in [-0.05, 0) is 42.5 Å². The Morgan fingerprint density at radius 2 is 1.67 bits per heavy atom. The summed E-state index contributed by atoms with van der Waals surface area (Å²) < 4.78 is 22.7. The van der Waals surface area contributed by atoms with E-state index in [1.54, 1.807) is 24.3 Å². The van der Waals surface area contributed by atoms with Gasteiger partial charge in [-0.3, -0.25) is 0 Å². The smallest absolute Gasteiger partial charge is 0.337 e. The third kappa shape index (κ3) is 3.77. The zero-order chi connectivity index (χ0) is 15.6. The zero-order valence-electron chi connectivity index (χ0n) is 11.1. The van der Waals surface area contributed by atoms with Crippen LogP contribution >= 0.6 is 11.8 Å². The number of sulfone groups is 1. The fourth-order valence-electron chi connectivity index (χ4n) is 1.69. The third-order valence-electron chi connectivity index (χ3n) is 2.74. The lowest BCUT2D eigenvalue weighted by Gasteiger charge is -2.06. The molecule has 110 valence electrons. The van der Waals surface area contributed by atoms with Crippen LogP contribution in [0.2, 0.25) is 0 Å². The maximum absolute atomic E-state index is 11.4. The minimum atomic E-state index is -3.21. The highest BCUT2D eigenvalue weighted by Crippen LogP contribution is 2.30. The van der Waals surface area contributed by atoms with Gasteiger partial charge in [-0.25, -0.2) is 13.2 Å². The van der Waals surface area contributed by atoms with Crippen LogP contribution in [0.5, 0.6) is 0 Å². The van der Waals surface area contributed by atoms with E-state index in [1.165, 1.54) is 30.0 Å². The molecule has 0 radical (unpaired) electrons. The van der Waals surface area contributed by atoms with Gasteiger partial charge in [0.25, 0.3) is 0 Å². The first-order valence-corrected chi connectivity index (χ1v) is 8.59. The van der Waals surface area contributed by atoms with Crippen molar-refractivity contribution in [3.63, 3.8) is 0 Å². The first kappa shape index (κ1) is 15.4. The molecule has 0 spiro atoms. The van der Waals surface area contributed by atoms with Crippen molar-refractivity contribution in [2.75, 3.05) is 12.0 Å². The first-order valence-electron chi connectivity index (χ1n) is 5.88. The van der Waals surface area contributed by atoms with Crippen LogP contribution in [0, 0.1) is 0 Å². The topological polar surface area (TPSA) is 97.5 Å². The SMILES string of the molecule is CS(=O)(=O)c1ccc(Sc2ccc(C(=O)O)c(N)c2)cc1. The molecular formula is C14H13NO4S2. The Kier molecular flexibility index (Phi) is 4.24. The molecule has 0 fully saturated rings. The average molecular weight is 323 g/mol. The van der Waals surface area contributed by atoms with Crippen molar-refractivity contribution in [1.29, 1.82) is 0 Å². The van der Waals surface area contributed by atoms with E-state index in [4.69, 9.17) is 10.8 Å². The number of nitrogen functional groups attached to an aromatic ring is 1. The summed E-state index contributed by atoms with van der Waals surface area (Å²) in [6, 6.07) is 11.2. The van der Waals surface area contributed by atoms with Gasteiger partial charge in [0.05, 0.1) is 10.5 Å². The summed E-state index contributed by atoms with van der Waals surface area (Å²) in [4.78, 5) is 12.8. The van der Waals surface area contributed by atoms with E-state index < -0.39 is 15.8 Å². The molecule has 2 aromatic rings. The summed E-state index contributed by atoms with van der Waals surface area (Å²) in [6.45, 7) is 0. The van der Waals surface area contributed by atoms with Gasteiger partial charge in [-0.15, -0.1) is 0 Å². The number of aromatic carboxylic acids is 1. The van der Waals surface area contributed by atoms with Gasteiger partial charge < -0.3 is 10.8 Å². The normalized spacial score (nSPS) is 11.3. The highest BCUT2D eigenvalue weighted by atomic mass is 32.2. The third-order valence-corrected chi connectivity index (χ3v) is 4.87. The highest BCUT2D eigenvalue weighted by Gasteiger charge is 2.10. The van der Waals surface area contributed by atoms with Crippen molar-refractivity contribution in [3.8, 4) is 0 Å². The minimum absolute atomic E-state index is 0.0618. The zero-order valence-corrected chi connectivity index (χ0v) is 12.7. The van der Waals surface area contributed by atoms with Crippen LogP contribution < -0.4 is 5.73 Å². The lowest BCUT2D eigenvalue weighted by molar-refractivity contribution is 0.0698. The lowest BCUT2D eigenvalue weighted by atomic mass is 10.2. The molecule has 0 bridgehead atoms. The number of nitrogens with two attached hydrogens (primary N) is 1. The molecule has 0 unspecified atom stereocenters. The van der Waals surface area contributed by atoms with Crippen LogP contribution in [-0.4, -0.2) is 25.7 Å². The molecule has 0 amide bonds. The standard InChI is InChI=1S/C14H13NO4S2/c1-21(18,19)11-5-2-9(3-6-11)20-10-4-7-12(14(16)17)13(15)8-10/h2-8H,15H2,1H3,(H,16,17). The molecule has 7 heteroatoms. The number of carboxylic acid groups (broad SMARTS) is 1. The Balaban J connectivity index is 2.23. The summed E-state index contributed by atoms with van der Waals surface area (Å²) >= 11 is 1.37. The van der Waals surface area contributed by atoms with E-state index in [9.17, 15) is 13.2 Å². The second-order valence-corrected chi connectivity index (χ2v) is 7.56. The van der Waals surface area contributed by atoms with Crippen molar-refractivity contribution in [2.45, 2.75) is 14.7 Å². The molecule has 2 aromatic carbocycles. The molecule has 21 heavy (non-hydrogen) atoms. The average Bonchev–Trinajstić information content (AvgIpc) is 2.38. The molecule has 0 aliphatic carbocycles. The fourth-order valence-corrected chi connectivity index (χ4v) is 3.19. The van der Waals surface area contributed by atoms with Crippen LogP contribution in [0.25, 0.3) is 0 Å². The number of benzene rings is 2. The van der Waals surface area contributed by atoms with Crippen LogP contribution in [0.1, 0.15) is 10.4 Å². The molecule has 0 heterocycles. The molecule has 2 rings (SSSR count). The number of hydrogen-bond acceptors (Lipinski definition) is 5. The molecule has 0 saturated carbocycles. The van der Waals surface area contributed by atoms with E-state index >= 15 is 0 Å². The van der Waals surface area contributed by atoms with Gasteiger partial charge in [0.15, 0.2) is 9.84 Å². The van der Waals surface area contributed by atoms with Crippen LogP contribution in [0.4, 0.5) is 5.69 Å². The highest BCUT2D eigenvalue weighted by molar-refractivity contribution is 7.99. The summed E-state index contributed by atoms with van der Waals surface area (Å²) in [7, 11) is -3.21. The Labute approximate surface area is 126 Å². The number of carbonyl (C=O) groups is 1. The van der Waals surface area contributed by atoms with Gasteiger partial charge in [0.2, 0.25) is 0 Å². The predicted octanol–water partition coefficient (Wildman–Crippen LogP) is 2.52. The van der Waals surface area contributed by atoms with E-state index in [-0.39, 0.29) is 16.1 Å². The molecule has 0 aliphatic heterocycles. The van der Waals surface area contributed by atoms with E-state index in [1.807, 2.05) is 0 Å². The quantitative estimate of drug-likeness (QED) is 0.839. The molecule has 0 aromatic heterocycles. The number of hydrogen-bond donors (Lipinski definition) is 2. The molecule has 0 atom stereocenters. The Morgan fingerprint density at radius 3 is 2.14 bits per heavy atom. The summed E-state index contributed by atoms with van der Waals surface area (Å²) in [5, 5.41) is 8.91. The van der Waals surface area contributed by atoms with E-state index in [2.05, 4.69) is 0 Å². The number of rotatable bonds is 4. The maximum atomic E-state index is 11.4. The largest absolute Gasteiger partial charge is 0.478 e. The van der Waals surface area contributed by atoms with Crippen LogP contribution in [-0.2, 0) is 9.84 Å². The van der Waals surface area contributed by atoms with Gasteiger partial charge in [0.1, 0.15) is 0 Å². The molecule has 0 aliphatic rings. The van der Waals surface area contributed by atoms with E-state index in [0.717, 1.165) is 16.0 Å². The minimum Gasteiger partial charge on any atom is -0.478 e. The molecule has 0 saturated heterocycles. The van der Waals surface area contributed by atoms with Crippen LogP contribution in [0.3, 0.4) is 0 Å². The molecular weight excluding hydrogens is 310 g/mol. The van der Waals surface area contributed by atoms with Gasteiger partial charge in [-0.1, -0.05) is 11.8 Å².